The van der Waals surface area contributed by atoms with E-state index in [1.807, 2.05) is 38.1 Å². The fourth-order valence-electron chi connectivity index (χ4n) is 3.38. The fraction of sp³-hybridized carbons (Fsp3) is 0.400. The standard InChI is InChI=1S/C20H23ClN2O3/c1-12-10-16(13(2)23(12)14-8-9-14)20(25)22-18(11-19(24)26-3)15-6-4-5-7-17(15)21/h4-7,10,14,18H,8-9,11H2,1-3H3,(H,22,25)/t18-/m1/s1. The van der Waals surface area contributed by atoms with Crippen LogP contribution in [0.5, 0.6) is 0 Å². The molecular formula is C20H23ClN2O3. The number of carbonyl (C=O) groups is 2. The number of aromatic nitrogens is 1. The molecule has 1 aliphatic carbocycles. The van der Waals surface area contributed by atoms with Crippen LogP contribution in [0.25, 0.3) is 0 Å². The number of hydrogen-bond acceptors (Lipinski definition) is 3. The molecule has 1 fully saturated rings. The van der Waals surface area contributed by atoms with E-state index in [2.05, 4.69) is 9.88 Å². The van der Waals surface area contributed by atoms with Gasteiger partial charge in [-0.3, -0.25) is 9.59 Å². The van der Waals surface area contributed by atoms with Gasteiger partial charge in [0.15, 0.2) is 0 Å². The zero-order chi connectivity index (χ0) is 18.8. The minimum atomic E-state index is -0.548. The summed E-state index contributed by atoms with van der Waals surface area (Å²) in [6.07, 6.45) is 2.33. The summed E-state index contributed by atoms with van der Waals surface area (Å²) in [5.41, 5.74) is 3.37. The van der Waals surface area contributed by atoms with Gasteiger partial charge in [-0.25, -0.2) is 0 Å². The van der Waals surface area contributed by atoms with Crippen molar-refractivity contribution in [2.24, 2.45) is 0 Å². The second kappa shape index (κ2) is 7.54. The first-order valence-electron chi connectivity index (χ1n) is 8.73. The first-order chi connectivity index (χ1) is 12.4. The highest BCUT2D eigenvalue weighted by Crippen LogP contribution is 2.38. The Kier molecular flexibility index (Phi) is 5.37. The molecule has 1 aliphatic rings. The smallest absolute Gasteiger partial charge is 0.307 e. The number of methoxy groups -OCH3 is 1. The lowest BCUT2D eigenvalue weighted by molar-refractivity contribution is -0.141. The van der Waals surface area contributed by atoms with E-state index in [4.69, 9.17) is 16.3 Å². The molecule has 2 aromatic rings. The SMILES string of the molecule is COC(=O)C[C@@H](NC(=O)c1cc(C)n(C2CC2)c1C)c1ccccc1Cl. The number of rotatable bonds is 6. The zero-order valence-corrected chi connectivity index (χ0v) is 16.0. The molecule has 1 saturated carbocycles. The third kappa shape index (κ3) is 3.78. The van der Waals surface area contributed by atoms with E-state index in [9.17, 15) is 9.59 Å². The van der Waals surface area contributed by atoms with Gasteiger partial charge in [0.25, 0.3) is 5.91 Å². The molecule has 1 N–H and O–H groups in total. The number of benzene rings is 1. The zero-order valence-electron chi connectivity index (χ0n) is 15.2. The molecule has 5 nitrogen and oxygen atoms in total. The highest BCUT2D eigenvalue weighted by atomic mass is 35.5. The summed E-state index contributed by atoms with van der Waals surface area (Å²) in [6, 6.07) is 9.06. The molecule has 1 aromatic carbocycles. The minimum Gasteiger partial charge on any atom is -0.469 e. The van der Waals surface area contributed by atoms with Crippen LogP contribution in [0.2, 0.25) is 5.02 Å². The summed E-state index contributed by atoms with van der Waals surface area (Å²) < 4.78 is 7.00. The quantitative estimate of drug-likeness (QED) is 0.773. The summed E-state index contributed by atoms with van der Waals surface area (Å²) in [7, 11) is 1.33. The van der Waals surface area contributed by atoms with Crippen LogP contribution in [0.15, 0.2) is 30.3 Å². The lowest BCUT2D eigenvalue weighted by atomic mass is 10.0. The Morgan fingerprint density at radius 2 is 2.00 bits per heavy atom. The summed E-state index contributed by atoms with van der Waals surface area (Å²) in [5.74, 6) is -0.613. The van der Waals surface area contributed by atoms with Crippen LogP contribution >= 0.6 is 11.6 Å². The number of hydrogen-bond donors (Lipinski definition) is 1. The Morgan fingerprint density at radius 1 is 1.31 bits per heavy atom. The second-order valence-electron chi connectivity index (χ2n) is 6.71. The molecule has 0 unspecified atom stereocenters. The van der Waals surface area contributed by atoms with Crippen LogP contribution in [-0.4, -0.2) is 23.6 Å². The summed E-state index contributed by atoms with van der Waals surface area (Å²) in [4.78, 5) is 24.7. The fourth-order valence-corrected chi connectivity index (χ4v) is 3.65. The molecule has 0 spiro atoms. The monoisotopic (exact) mass is 374 g/mol. The predicted octanol–water partition coefficient (Wildman–Crippen LogP) is 4.13. The molecule has 1 amide bonds. The average Bonchev–Trinajstić information content (AvgIpc) is 3.39. The van der Waals surface area contributed by atoms with Crippen LogP contribution in [0.3, 0.4) is 0 Å². The van der Waals surface area contributed by atoms with Gasteiger partial charge in [-0.2, -0.15) is 0 Å². The van der Waals surface area contributed by atoms with Gasteiger partial charge >= 0.3 is 5.97 Å². The van der Waals surface area contributed by atoms with E-state index in [0.717, 1.165) is 24.2 Å². The van der Waals surface area contributed by atoms with Crippen LogP contribution in [0.4, 0.5) is 0 Å². The minimum absolute atomic E-state index is 0.0212. The van der Waals surface area contributed by atoms with Crippen molar-refractivity contribution in [1.29, 1.82) is 0 Å². The maximum Gasteiger partial charge on any atom is 0.307 e. The number of amides is 1. The first-order valence-corrected chi connectivity index (χ1v) is 9.10. The molecule has 0 aliphatic heterocycles. The third-order valence-corrected chi connectivity index (χ3v) is 5.17. The van der Waals surface area contributed by atoms with Crippen LogP contribution in [0.1, 0.15) is 58.7 Å². The largest absolute Gasteiger partial charge is 0.469 e. The second-order valence-corrected chi connectivity index (χ2v) is 7.12. The van der Waals surface area contributed by atoms with Crippen LogP contribution < -0.4 is 5.32 Å². The predicted molar refractivity (Wildman–Crippen MR) is 100 cm³/mol. The third-order valence-electron chi connectivity index (χ3n) is 4.83. The van der Waals surface area contributed by atoms with Gasteiger partial charge in [-0.15, -0.1) is 0 Å². The van der Waals surface area contributed by atoms with Gasteiger partial charge < -0.3 is 14.6 Å². The molecule has 1 atom stereocenters. The van der Waals surface area contributed by atoms with E-state index in [1.165, 1.54) is 7.11 Å². The Labute approximate surface area is 158 Å². The van der Waals surface area contributed by atoms with Crippen molar-refractivity contribution in [2.45, 2.75) is 45.2 Å². The summed E-state index contributed by atoms with van der Waals surface area (Å²) in [6.45, 7) is 3.98. The van der Waals surface area contributed by atoms with Crippen molar-refractivity contribution < 1.29 is 14.3 Å². The average molecular weight is 375 g/mol. The molecule has 0 radical (unpaired) electrons. The molecule has 26 heavy (non-hydrogen) atoms. The number of nitrogens with zero attached hydrogens (tertiary/aromatic N) is 1. The van der Waals surface area contributed by atoms with E-state index >= 15 is 0 Å². The highest BCUT2D eigenvalue weighted by molar-refractivity contribution is 6.31. The highest BCUT2D eigenvalue weighted by Gasteiger charge is 2.29. The number of carbonyl (C=O) groups excluding carboxylic acids is 2. The molecule has 1 heterocycles. The first kappa shape index (κ1) is 18.5. The topological polar surface area (TPSA) is 60.3 Å². The number of aryl methyl sites for hydroxylation is 1. The molecule has 3 rings (SSSR count). The van der Waals surface area contributed by atoms with Gasteiger partial charge in [-0.1, -0.05) is 29.8 Å². The molecular weight excluding hydrogens is 352 g/mol. The van der Waals surface area contributed by atoms with Crippen LogP contribution in [0, 0.1) is 13.8 Å². The molecule has 0 bridgehead atoms. The van der Waals surface area contributed by atoms with E-state index in [0.29, 0.717) is 22.2 Å². The summed E-state index contributed by atoms with van der Waals surface area (Å²) >= 11 is 6.28. The Bertz CT molecular complexity index is 840. The number of ether oxygens (including phenoxy) is 1. The summed E-state index contributed by atoms with van der Waals surface area (Å²) in [5, 5.41) is 3.46. The molecule has 1 aromatic heterocycles. The van der Waals surface area contributed by atoms with Gasteiger partial charge in [0.1, 0.15) is 0 Å². The molecule has 138 valence electrons. The maximum absolute atomic E-state index is 12.9. The van der Waals surface area contributed by atoms with Crippen LogP contribution in [-0.2, 0) is 9.53 Å². The Morgan fingerprint density at radius 3 is 2.62 bits per heavy atom. The van der Waals surface area contributed by atoms with E-state index in [-0.39, 0.29) is 12.3 Å². The van der Waals surface area contributed by atoms with Crippen molar-refractivity contribution in [3.63, 3.8) is 0 Å². The lowest BCUT2D eigenvalue weighted by Crippen LogP contribution is -2.31. The van der Waals surface area contributed by atoms with Crippen molar-refractivity contribution in [2.75, 3.05) is 7.11 Å². The Balaban J connectivity index is 1.87. The number of halogens is 1. The molecule has 6 heteroatoms. The van der Waals surface area contributed by atoms with Gasteiger partial charge in [0, 0.05) is 22.5 Å². The lowest BCUT2D eigenvalue weighted by Gasteiger charge is -2.19. The number of esters is 1. The van der Waals surface area contributed by atoms with Crippen molar-refractivity contribution in [3.8, 4) is 0 Å². The van der Waals surface area contributed by atoms with E-state index in [1.54, 1.807) is 6.07 Å². The van der Waals surface area contributed by atoms with Gasteiger partial charge in [0.2, 0.25) is 0 Å². The van der Waals surface area contributed by atoms with Gasteiger partial charge in [0.05, 0.1) is 25.1 Å². The normalized spacial score (nSPS) is 14.8. The maximum atomic E-state index is 12.9. The van der Waals surface area contributed by atoms with Gasteiger partial charge in [-0.05, 0) is 44.4 Å². The van der Waals surface area contributed by atoms with Crippen molar-refractivity contribution >= 4 is 23.5 Å². The van der Waals surface area contributed by atoms with E-state index < -0.39 is 12.0 Å². The number of nitrogens with one attached hydrogen (secondary N) is 1. The molecule has 0 saturated heterocycles. The Hall–Kier alpha value is -2.27. The van der Waals surface area contributed by atoms with Crippen molar-refractivity contribution in [3.05, 3.63) is 57.9 Å². The van der Waals surface area contributed by atoms with Crippen molar-refractivity contribution in [1.82, 2.24) is 9.88 Å².